The molecule has 0 radical (unpaired) electrons. The summed E-state index contributed by atoms with van der Waals surface area (Å²) in [5, 5.41) is 9.75. The van der Waals surface area contributed by atoms with Gasteiger partial charge in [-0.05, 0) is 31.5 Å². The molecule has 6 heteroatoms. The monoisotopic (exact) mass is 364 g/mol. The molecule has 0 N–H and O–H groups in total. The molecule has 4 aromatic rings. The number of aromatic nitrogens is 4. The van der Waals surface area contributed by atoms with Crippen molar-refractivity contribution in [2.24, 2.45) is 0 Å². The molecule has 0 aliphatic carbocycles. The first-order chi connectivity index (χ1) is 12.7. The maximum absolute atomic E-state index is 5.81. The average molecular weight is 364 g/mol. The first kappa shape index (κ1) is 16.8. The third-order valence-electron chi connectivity index (χ3n) is 4.10. The Morgan fingerprint density at radius 2 is 1.96 bits per heavy atom. The summed E-state index contributed by atoms with van der Waals surface area (Å²) in [6.45, 7) is 5.13. The normalized spacial score (nSPS) is 11.3. The van der Waals surface area contributed by atoms with Crippen LogP contribution in [-0.4, -0.2) is 19.7 Å². The van der Waals surface area contributed by atoms with E-state index in [1.807, 2.05) is 24.3 Å². The minimum Gasteiger partial charge on any atom is -0.440 e. The first-order valence-electron chi connectivity index (χ1n) is 8.72. The van der Waals surface area contributed by atoms with Gasteiger partial charge in [-0.25, -0.2) is 4.98 Å². The number of fused-ring (bicyclic) bond motifs is 1. The van der Waals surface area contributed by atoms with Crippen LogP contribution in [0.1, 0.15) is 24.8 Å². The van der Waals surface area contributed by atoms with Crippen molar-refractivity contribution in [3.05, 3.63) is 60.0 Å². The van der Waals surface area contributed by atoms with E-state index in [4.69, 9.17) is 4.42 Å². The number of rotatable bonds is 6. The zero-order chi connectivity index (χ0) is 17.9. The Morgan fingerprint density at radius 1 is 1.08 bits per heavy atom. The van der Waals surface area contributed by atoms with Crippen LogP contribution in [-0.2, 0) is 12.3 Å². The molecule has 0 spiro atoms. The van der Waals surface area contributed by atoms with E-state index >= 15 is 0 Å². The molecular formula is C20H20N4OS. The zero-order valence-corrected chi connectivity index (χ0v) is 15.7. The molecule has 5 nitrogen and oxygen atoms in total. The molecule has 26 heavy (non-hydrogen) atoms. The van der Waals surface area contributed by atoms with Crippen LogP contribution in [0, 0.1) is 6.92 Å². The highest BCUT2D eigenvalue weighted by atomic mass is 32.2. The maximum Gasteiger partial charge on any atom is 0.205 e. The Morgan fingerprint density at radius 3 is 2.77 bits per heavy atom. The van der Waals surface area contributed by atoms with E-state index in [1.54, 1.807) is 11.8 Å². The molecule has 0 aliphatic rings. The molecule has 0 atom stereocenters. The van der Waals surface area contributed by atoms with E-state index in [9.17, 15) is 0 Å². The SMILES string of the molecule is CCCn1c(SCc2nc3ccccc3o2)nnc1-c1cccc(C)c1. The van der Waals surface area contributed by atoms with Gasteiger partial charge in [0.2, 0.25) is 5.89 Å². The average Bonchev–Trinajstić information content (AvgIpc) is 3.24. The summed E-state index contributed by atoms with van der Waals surface area (Å²) in [5.41, 5.74) is 4.02. The van der Waals surface area contributed by atoms with Crippen LogP contribution in [0.15, 0.2) is 58.1 Å². The molecule has 0 unspecified atom stereocenters. The highest BCUT2D eigenvalue weighted by Gasteiger charge is 2.15. The molecule has 0 aliphatic heterocycles. The fourth-order valence-electron chi connectivity index (χ4n) is 2.93. The summed E-state index contributed by atoms with van der Waals surface area (Å²) >= 11 is 1.61. The number of oxazole rings is 1. The van der Waals surface area contributed by atoms with Crippen molar-refractivity contribution < 1.29 is 4.42 Å². The van der Waals surface area contributed by atoms with E-state index in [1.165, 1.54) is 5.56 Å². The smallest absolute Gasteiger partial charge is 0.205 e. The van der Waals surface area contributed by atoms with E-state index in [0.717, 1.165) is 40.6 Å². The molecule has 2 aromatic carbocycles. The minimum atomic E-state index is 0.629. The van der Waals surface area contributed by atoms with Gasteiger partial charge in [0, 0.05) is 12.1 Å². The van der Waals surface area contributed by atoms with Gasteiger partial charge in [-0.15, -0.1) is 10.2 Å². The largest absolute Gasteiger partial charge is 0.440 e. The Labute approximate surface area is 156 Å². The van der Waals surface area contributed by atoms with Crippen LogP contribution in [0.4, 0.5) is 0 Å². The summed E-state index contributed by atoms with van der Waals surface area (Å²) in [5.74, 6) is 2.25. The summed E-state index contributed by atoms with van der Waals surface area (Å²) in [4.78, 5) is 4.54. The van der Waals surface area contributed by atoms with E-state index < -0.39 is 0 Å². The number of hydrogen-bond acceptors (Lipinski definition) is 5. The van der Waals surface area contributed by atoms with Gasteiger partial charge in [-0.3, -0.25) is 0 Å². The van der Waals surface area contributed by atoms with E-state index in [0.29, 0.717) is 11.6 Å². The summed E-state index contributed by atoms with van der Waals surface area (Å²) in [7, 11) is 0. The fourth-order valence-corrected chi connectivity index (χ4v) is 3.73. The van der Waals surface area contributed by atoms with Crippen molar-refractivity contribution in [2.75, 3.05) is 0 Å². The summed E-state index contributed by atoms with van der Waals surface area (Å²) in [6.07, 6.45) is 1.02. The summed E-state index contributed by atoms with van der Waals surface area (Å²) < 4.78 is 7.99. The van der Waals surface area contributed by atoms with Crippen LogP contribution >= 0.6 is 11.8 Å². The molecule has 0 saturated heterocycles. The minimum absolute atomic E-state index is 0.629. The molecule has 2 heterocycles. The van der Waals surface area contributed by atoms with Gasteiger partial charge in [-0.1, -0.05) is 54.6 Å². The number of nitrogens with zero attached hydrogens (tertiary/aromatic N) is 4. The quantitative estimate of drug-likeness (QED) is 0.446. The van der Waals surface area contributed by atoms with Crippen LogP contribution in [0.5, 0.6) is 0 Å². The van der Waals surface area contributed by atoms with Crippen LogP contribution in [0.25, 0.3) is 22.5 Å². The third-order valence-corrected chi connectivity index (χ3v) is 5.05. The lowest BCUT2D eigenvalue weighted by Gasteiger charge is -2.08. The number of thioether (sulfide) groups is 1. The lowest BCUT2D eigenvalue weighted by Crippen LogP contribution is -2.02. The Hall–Kier alpha value is -2.60. The van der Waals surface area contributed by atoms with Crippen molar-refractivity contribution in [3.63, 3.8) is 0 Å². The number of hydrogen-bond donors (Lipinski definition) is 0. The molecule has 2 aromatic heterocycles. The molecule has 0 amide bonds. The predicted octanol–water partition coefficient (Wildman–Crippen LogP) is 5.10. The second-order valence-corrected chi connectivity index (χ2v) is 7.13. The number of aryl methyl sites for hydroxylation is 1. The van der Waals surface area contributed by atoms with Crippen molar-refractivity contribution in [2.45, 2.75) is 37.7 Å². The highest BCUT2D eigenvalue weighted by Crippen LogP contribution is 2.28. The zero-order valence-electron chi connectivity index (χ0n) is 14.8. The summed E-state index contributed by atoms with van der Waals surface area (Å²) in [6, 6.07) is 16.2. The Balaban J connectivity index is 1.59. The molecule has 0 bridgehead atoms. The second-order valence-electron chi connectivity index (χ2n) is 6.19. The van der Waals surface area contributed by atoms with Gasteiger partial charge in [0.15, 0.2) is 16.6 Å². The van der Waals surface area contributed by atoms with Crippen LogP contribution in [0.3, 0.4) is 0 Å². The van der Waals surface area contributed by atoms with E-state index in [-0.39, 0.29) is 0 Å². The molecule has 0 saturated carbocycles. The van der Waals surface area contributed by atoms with Crippen LogP contribution in [0.2, 0.25) is 0 Å². The fraction of sp³-hybridized carbons (Fsp3) is 0.250. The second kappa shape index (κ2) is 7.33. The van der Waals surface area contributed by atoms with Crippen LogP contribution < -0.4 is 0 Å². The van der Waals surface area contributed by atoms with Gasteiger partial charge < -0.3 is 8.98 Å². The standard InChI is InChI=1S/C20H20N4OS/c1-3-11-24-19(15-8-6-7-14(2)12-15)22-23-20(24)26-13-18-21-16-9-4-5-10-17(16)25-18/h4-10,12H,3,11,13H2,1-2H3. The maximum atomic E-state index is 5.81. The Bertz CT molecular complexity index is 1000. The van der Waals surface area contributed by atoms with Gasteiger partial charge in [-0.2, -0.15) is 0 Å². The Kier molecular flexibility index (Phi) is 4.75. The predicted molar refractivity (Wildman–Crippen MR) is 104 cm³/mol. The van der Waals surface area contributed by atoms with Crippen molar-refractivity contribution >= 4 is 22.9 Å². The molecular weight excluding hydrogens is 344 g/mol. The van der Waals surface area contributed by atoms with Gasteiger partial charge in [0.05, 0.1) is 5.75 Å². The van der Waals surface area contributed by atoms with Crippen molar-refractivity contribution in [1.82, 2.24) is 19.7 Å². The van der Waals surface area contributed by atoms with E-state index in [2.05, 4.69) is 57.9 Å². The lowest BCUT2D eigenvalue weighted by atomic mass is 10.1. The lowest BCUT2D eigenvalue weighted by molar-refractivity contribution is 0.555. The van der Waals surface area contributed by atoms with Gasteiger partial charge >= 0.3 is 0 Å². The number of para-hydroxylation sites is 2. The molecule has 132 valence electrons. The van der Waals surface area contributed by atoms with Gasteiger partial charge in [0.1, 0.15) is 5.52 Å². The third kappa shape index (κ3) is 3.37. The number of benzene rings is 2. The first-order valence-corrected chi connectivity index (χ1v) is 9.70. The highest BCUT2D eigenvalue weighted by molar-refractivity contribution is 7.98. The topological polar surface area (TPSA) is 56.7 Å². The molecule has 0 fully saturated rings. The van der Waals surface area contributed by atoms with Gasteiger partial charge in [0.25, 0.3) is 0 Å². The van der Waals surface area contributed by atoms with Crippen molar-refractivity contribution in [1.29, 1.82) is 0 Å². The van der Waals surface area contributed by atoms with Crippen molar-refractivity contribution in [3.8, 4) is 11.4 Å². The molecule has 4 rings (SSSR count).